The van der Waals surface area contributed by atoms with Crippen LogP contribution in [0.25, 0.3) is 0 Å². The molecular formula is C13H13Cl2NO3. The molecule has 1 saturated heterocycles. The van der Waals surface area contributed by atoms with Gasteiger partial charge in [0.15, 0.2) is 0 Å². The minimum Gasteiger partial charge on any atom is -0.481 e. The van der Waals surface area contributed by atoms with E-state index in [1.807, 2.05) is 0 Å². The number of nitrogens with zero attached hydrogens (tertiary/aromatic N) is 1. The van der Waals surface area contributed by atoms with Gasteiger partial charge in [-0.2, -0.15) is 0 Å². The van der Waals surface area contributed by atoms with Crippen molar-refractivity contribution in [3.63, 3.8) is 0 Å². The summed E-state index contributed by atoms with van der Waals surface area (Å²) in [6, 6.07) is 4.67. The summed E-state index contributed by atoms with van der Waals surface area (Å²) in [5.74, 6) is -1.54. The van der Waals surface area contributed by atoms with Crippen molar-refractivity contribution < 1.29 is 14.7 Å². The molecule has 19 heavy (non-hydrogen) atoms. The maximum Gasteiger partial charge on any atom is 0.308 e. The fraction of sp³-hybridized carbons (Fsp3) is 0.385. The van der Waals surface area contributed by atoms with Crippen LogP contribution in [0.4, 0.5) is 0 Å². The average molecular weight is 302 g/mol. The van der Waals surface area contributed by atoms with E-state index in [0.29, 0.717) is 35.0 Å². The Balaban J connectivity index is 2.14. The maximum atomic E-state index is 12.3. The number of aliphatic carboxylic acids is 1. The van der Waals surface area contributed by atoms with E-state index in [1.165, 1.54) is 6.07 Å². The lowest BCUT2D eigenvalue weighted by atomic mass is 9.97. The number of hydrogen-bond donors (Lipinski definition) is 1. The van der Waals surface area contributed by atoms with Gasteiger partial charge in [0.25, 0.3) is 5.91 Å². The molecule has 0 radical (unpaired) electrons. The van der Waals surface area contributed by atoms with E-state index in [9.17, 15) is 9.59 Å². The molecule has 0 aromatic heterocycles. The van der Waals surface area contributed by atoms with E-state index in [0.717, 1.165) is 0 Å². The van der Waals surface area contributed by atoms with Gasteiger partial charge in [0.2, 0.25) is 0 Å². The van der Waals surface area contributed by atoms with Gasteiger partial charge >= 0.3 is 5.97 Å². The topological polar surface area (TPSA) is 57.6 Å². The smallest absolute Gasteiger partial charge is 0.308 e. The Hall–Kier alpha value is -1.26. The molecule has 1 aliphatic heterocycles. The van der Waals surface area contributed by atoms with Crippen LogP contribution in [0, 0.1) is 5.92 Å². The number of piperidine rings is 1. The van der Waals surface area contributed by atoms with Crippen LogP contribution in [0.5, 0.6) is 0 Å². The summed E-state index contributed by atoms with van der Waals surface area (Å²) in [5.41, 5.74) is 0.431. The molecule has 102 valence electrons. The van der Waals surface area contributed by atoms with Crippen molar-refractivity contribution in [2.24, 2.45) is 5.92 Å². The molecule has 0 spiro atoms. The molecule has 0 saturated carbocycles. The molecule has 0 bridgehead atoms. The highest BCUT2D eigenvalue weighted by Gasteiger charge is 2.28. The number of carboxylic acid groups (broad SMARTS) is 1. The van der Waals surface area contributed by atoms with Gasteiger partial charge in [0.05, 0.1) is 16.0 Å². The standard InChI is InChI=1S/C13H13Cl2NO3/c14-10-4-3-8(6-11(10)15)12(17)16-5-1-2-9(7-16)13(18)19/h3-4,6,9H,1-2,5,7H2,(H,18,19)/t9-/m1/s1. The second-order valence-electron chi connectivity index (χ2n) is 4.56. The Morgan fingerprint density at radius 3 is 2.63 bits per heavy atom. The first kappa shape index (κ1) is 14.2. The van der Waals surface area contributed by atoms with Crippen molar-refractivity contribution in [3.05, 3.63) is 33.8 Å². The van der Waals surface area contributed by atoms with Gasteiger partial charge in [-0.05, 0) is 31.0 Å². The number of halogens is 2. The third-order valence-electron chi connectivity index (χ3n) is 3.22. The molecule has 0 aliphatic carbocycles. The number of carboxylic acids is 1. The van der Waals surface area contributed by atoms with E-state index >= 15 is 0 Å². The Bertz CT molecular complexity index is 519. The number of likely N-dealkylation sites (tertiary alicyclic amines) is 1. The molecule has 0 unspecified atom stereocenters. The lowest BCUT2D eigenvalue weighted by molar-refractivity contribution is -0.143. The second-order valence-corrected chi connectivity index (χ2v) is 5.37. The van der Waals surface area contributed by atoms with Crippen LogP contribution in [0.15, 0.2) is 18.2 Å². The first-order valence-corrected chi connectivity index (χ1v) is 6.72. The minimum absolute atomic E-state index is 0.204. The van der Waals surface area contributed by atoms with Crippen molar-refractivity contribution in [1.29, 1.82) is 0 Å². The van der Waals surface area contributed by atoms with Crippen molar-refractivity contribution in [3.8, 4) is 0 Å². The van der Waals surface area contributed by atoms with Gasteiger partial charge in [-0.3, -0.25) is 9.59 Å². The molecule has 1 amide bonds. The third kappa shape index (κ3) is 3.19. The van der Waals surface area contributed by atoms with Gasteiger partial charge in [0.1, 0.15) is 0 Å². The number of hydrogen-bond acceptors (Lipinski definition) is 2. The predicted octanol–water partition coefficient (Wildman–Crippen LogP) is 2.93. The number of rotatable bonds is 2. The average Bonchev–Trinajstić information content (AvgIpc) is 2.41. The summed E-state index contributed by atoms with van der Waals surface area (Å²) < 4.78 is 0. The van der Waals surface area contributed by atoms with Crippen LogP contribution in [-0.4, -0.2) is 35.0 Å². The van der Waals surface area contributed by atoms with Gasteiger partial charge < -0.3 is 10.0 Å². The molecular weight excluding hydrogens is 289 g/mol. The molecule has 1 N–H and O–H groups in total. The summed E-state index contributed by atoms with van der Waals surface area (Å²) in [5, 5.41) is 9.72. The first-order chi connectivity index (χ1) is 8.99. The maximum absolute atomic E-state index is 12.3. The van der Waals surface area contributed by atoms with Gasteiger partial charge in [-0.25, -0.2) is 0 Å². The summed E-state index contributed by atoms with van der Waals surface area (Å²) in [6.45, 7) is 0.817. The lowest BCUT2D eigenvalue weighted by Crippen LogP contribution is -2.42. The third-order valence-corrected chi connectivity index (χ3v) is 3.96. The molecule has 6 heteroatoms. The molecule has 1 aromatic rings. The largest absolute Gasteiger partial charge is 0.481 e. The van der Waals surface area contributed by atoms with E-state index in [4.69, 9.17) is 28.3 Å². The van der Waals surface area contributed by atoms with Crippen LogP contribution in [-0.2, 0) is 4.79 Å². The fourth-order valence-corrected chi connectivity index (χ4v) is 2.47. The monoisotopic (exact) mass is 301 g/mol. The normalized spacial score (nSPS) is 19.3. The number of benzene rings is 1. The quantitative estimate of drug-likeness (QED) is 0.914. The Kier molecular flexibility index (Phi) is 4.32. The van der Waals surface area contributed by atoms with E-state index in [-0.39, 0.29) is 12.5 Å². The summed E-state index contributed by atoms with van der Waals surface area (Å²) in [7, 11) is 0. The Morgan fingerprint density at radius 2 is 2.00 bits per heavy atom. The minimum atomic E-state index is -0.855. The van der Waals surface area contributed by atoms with Crippen LogP contribution in [0.3, 0.4) is 0 Å². The first-order valence-electron chi connectivity index (χ1n) is 5.96. The van der Waals surface area contributed by atoms with Gasteiger partial charge in [0, 0.05) is 18.7 Å². The highest BCUT2D eigenvalue weighted by molar-refractivity contribution is 6.42. The zero-order chi connectivity index (χ0) is 14.0. The zero-order valence-electron chi connectivity index (χ0n) is 10.1. The van der Waals surface area contributed by atoms with E-state index < -0.39 is 11.9 Å². The molecule has 4 nitrogen and oxygen atoms in total. The van der Waals surface area contributed by atoms with Crippen LogP contribution >= 0.6 is 23.2 Å². The molecule has 2 rings (SSSR count). The zero-order valence-corrected chi connectivity index (χ0v) is 11.6. The van der Waals surface area contributed by atoms with Crippen LogP contribution in [0.2, 0.25) is 10.0 Å². The Labute approximate surface area is 120 Å². The summed E-state index contributed by atoms with van der Waals surface area (Å²) >= 11 is 11.7. The SMILES string of the molecule is O=C(O)[C@@H]1CCCN(C(=O)c2ccc(Cl)c(Cl)c2)C1. The highest BCUT2D eigenvalue weighted by Crippen LogP contribution is 2.24. The number of amides is 1. The summed E-state index contributed by atoms with van der Waals surface area (Å²) in [4.78, 5) is 24.8. The highest BCUT2D eigenvalue weighted by atomic mass is 35.5. The van der Waals surface area contributed by atoms with Gasteiger partial charge in [-0.1, -0.05) is 23.2 Å². The lowest BCUT2D eigenvalue weighted by Gasteiger charge is -2.30. The molecule has 1 heterocycles. The molecule has 1 atom stereocenters. The molecule has 1 aliphatic rings. The Morgan fingerprint density at radius 1 is 1.26 bits per heavy atom. The number of carbonyl (C=O) groups is 2. The van der Waals surface area contributed by atoms with Gasteiger partial charge in [-0.15, -0.1) is 0 Å². The van der Waals surface area contributed by atoms with E-state index in [2.05, 4.69) is 0 Å². The van der Waals surface area contributed by atoms with E-state index in [1.54, 1.807) is 17.0 Å². The molecule has 1 fully saturated rings. The molecule has 1 aromatic carbocycles. The van der Waals surface area contributed by atoms with Crippen molar-refractivity contribution in [2.75, 3.05) is 13.1 Å². The van der Waals surface area contributed by atoms with Crippen molar-refractivity contribution >= 4 is 35.1 Å². The summed E-state index contributed by atoms with van der Waals surface area (Å²) in [6.07, 6.45) is 1.31. The fourth-order valence-electron chi connectivity index (χ4n) is 2.17. The van der Waals surface area contributed by atoms with Crippen LogP contribution < -0.4 is 0 Å². The van der Waals surface area contributed by atoms with Crippen molar-refractivity contribution in [1.82, 2.24) is 4.90 Å². The second kappa shape index (κ2) is 5.80. The van der Waals surface area contributed by atoms with Crippen molar-refractivity contribution in [2.45, 2.75) is 12.8 Å². The number of carbonyl (C=O) groups excluding carboxylic acids is 1. The predicted molar refractivity (Wildman–Crippen MR) is 72.7 cm³/mol. The van der Waals surface area contributed by atoms with Crippen LogP contribution in [0.1, 0.15) is 23.2 Å².